The van der Waals surface area contributed by atoms with E-state index < -0.39 is 0 Å². The molecule has 0 heterocycles. The molecule has 1 aromatic carbocycles. The first-order chi connectivity index (χ1) is 10.2. The SMILES string of the molecule is COCCOc1cc(C)ccc1NC(=O)CCCCCN. The van der Waals surface area contributed by atoms with Crippen LogP contribution < -0.4 is 15.8 Å². The van der Waals surface area contributed by atoms with Crippen LogP contribution in [0, 0.1) is 6.92 Å². The summed E-state index contributed by atoms with van der Waals surface area (Å²) in [6, 6.07) is 5.74. The van der Waals surface area contributed by atoms with Gasteiger partial charge < -0.3 is 20.5 Å². The zero-order valence-electron chi connectivity index (χ0n) is 13.0. The molecule has 118 valence electrons. The molecule has 0 unspecified atom stereocenters. The highest BCUT2D eigenvalue weighted by atomic mass is 16.5. The van der Waals surface area contributed by atoms with Crippen molar-refractivity contribution in [2.75, 3.05) is 32.2 Å². The molecule has 3 N–H and O–H groups in total. The summed E-state index contributed by atoms with van der Waals surface area (Å²) in [6.45, 7) is 3.64. The molecule has 1 rings (SSSR count). The Morgan fingerprint density at radius 3 is 2.76 bits per heavy atom. The standard InChI is InChI=1S/C16H26N2O3/c1-13-7-8-14(15(12-13)21-11-10-20-2)18-16(19)6-4-3-5-9-17/h7-8,12H,3-6,9-11,17H2,1-2H3,(H,18,19). The third kappa shape index (κ3) is 7.11. The quantitative estimate of drug-likeness (QED) is 0.650. The van der Waals surface area contributed by atoms with Gasteiger partial charge in [-0.25, -0.2) is 0 Å². The number of carbonyl (C=O) groups excluding carboxylic acids is 1. The lowest BCUT2D eigenvalue weighted by Crippen LogP contribution is -2.13. The Bertz CT molecular complexity index is 436. The number of nitrogens with two attached hydrogens (primary N) is 1. The number of hydrogen-bond donors (Lipinski definition) is 2. The lowest BCUT2D eigenvalue weighted by molar-refractivity contribution is -0.116. The number of carbonyl (C=O) groups is 1. The summed E-state index contributed by atoms with van der Waals surface area (Å²) in [5.41, 5.74) is 7.23. The van der Waals surface area contributed by atoms with Gasteiger partial charge in [0.1, 0.15) is 12.4 Å². The van der Waals surface area contributed by atoms with Gasteiger partial charge in [0, 0.05) is 13.5 Å². The average Bonchev–Trinajstić information content (AvgIpc) is 2.47. The van der Waals surface area contributed by atoms with E-state index in [9.17, 15) is 4.79 Å². The van der Waals surface area contributed by atoms with Crippen molar-refractivity contribution in [1.29, 1.82) is 0 Å². The number of amides is 1. The highest BCUT2D eigenvalue weighted by Crippen LogP contribution is 2.26. The number of rotatable bonds is 10. The van der Waals surface area contributed by atoms with E-state index in [2.05, 4.69) is 5.32 Å². The fraction of sp³-hybridized carbons (Fsp3) is 0.562. The molecule has 1 amide bonds. The normalized spacial score (nSPS) is 10.4. The van der Waals surface area contributed by atoms with Crippen LogP contribution in [-0.4, -0.2) is 32.8 Å². The van der Waals surface area contributed by atoms with Crippen molar-refractivity contribution in [3.8, 4) is 5.75 Å². The lowest BCUT2D eigenvalue weighted by Gasteiger charge is -2.13. The second-order valence-electron chi connectivity index (χ2n) is 4.99. The van der Waals surface area contributed by atoms with Crippen molar-refractivity contribution in [1.82, 2.24) is 0 Å². The highest BCUT2D eigenvalue weighted by molar-refractivity contribution is 5.92. The minimum atomic E-state index is 0.00691. The molecule has 0 aliphatic heterocycles. The number of anilines is 1. The summed E-state index contributed by atoms with van der Waals surface area (Å²) in [5, 5.41) is 2.91. The molecule has 0 saturated carbocycles. The van der Waals surface area contributed by atoms with Crippen LogP contribution in [-0.2, 0) is 9.53 Å². The van der Waals surface area contributed by atoms with E-state index in [1.54, 1.807) is 7.11 Å². The molecule has 0 saturated heterocycles. The number of unbranched alkanes of at least 4 members (excludes halogenated alkanes) is 2. The molecule has 0 aliphatic carbocycles. The monoisotopic (exact) mass is 294 g/mol. The number of ether oxygens (including phenoxy) is 2. The van der Waals surface area contributed by atoms with Gasteiger partial charge in [0.2, 0.25) is 5.91 Å². The molecular weight excluding hydrogens is 268 g/mol. The fourth-order valence-electron chi connectivity index (χ4n) is 1.91. The van der Waals surface area contributed by atoms with Gasteiger partial charge in [-0.05, 0) is 44.0 Å². The Hall–Kier alpha value is -1.59. The predicted molar refractivity (Wildman–Crippen MR) is 84.7 cm³/mol. The highest BCUT2D eigenvalue weighted by Gasteiger charge is 2.08. The van der Waals surface area contributed by atoms with E-state index in [-0.39, 0.29) is 5.91 Å². The summed E-state index contributed by atoms with van der Waals surface area (Å²) in [4.78, 5) is 11.9. The Kier molecular flexibility index (Phi) is 8.47. The first kappa shape index (κ1) is 17.5. The molecule has 21 heavy (non-hydrogen) atoms. The summed E-state index contributed by atoms with van der Waals surface area (Å²) in [7, 11) is 1.63. The summed E-state index contributed by atoms with van der Waals surface area (Å²) < 4.78 is 10.6. The molecule has 0 atom stereocenters. The van der Waals surface area contributed by atoms with Crippen LogP contribution in [0.4, 0.5) is 5.69 Å². The molecule has 0 spiro atoms. The van der Waals surface area contributed by atoms with Gasteiger partial charge >= 0.3 is 0 Å². The largest absolute Gasteiger partial charge is 0.489 e. The van der Waals surface area contributed by atoms with Crippen molar-refractivity contribution in [2.24, 2.45) is 5.73 Å². The predicted octanol–water partition coefficient (Wildman–Crippen LogP) is 2.48. The summed E-state index contributed by atoms with van der Waals surface area (Å²) >= 11 is 0. The number of nitrogens with one attached hydrogen (secondary N) is 1. The van der Waals surface area contributed by atoms with Gasteiger partial charge in [-0.3, -0.25) is 4.79 Å². The van der Waals surface area contributed by atoms with Crippen LogP contribution in [0.15, 0.2) is 18.2 Å². The van der Waals surface area contributed by atoms with Crippen molar-refractivity contribution in [3.05, 3.63) is 23.8 Å². The summed E-state index contributed by atoms with van der Waals surface area (Å²) in [5.74, 6) is 0.690. The number of hydrogen-bond acceptors (Lipinski definition) is 4. The minimum Gasteiger partial charge on any atom is -0.489 e. The zero-order valence-corrected chi connectivity index (χ0v) is 13.0. The lowest BCUT2D eigenvalue weighted by atomic mass is 10.1. The van der Waals surface area contributed by atoms with Crippen molar-refractivity contribution in [2.45, 2.75) is 32.6 Å². The van der Waals surface area contributed by atoms with Gasteiger partial charge in [0.25, 0.3) is 0 Å². The molecule has 5 heteroatoms. The van der Waals surface area contributed by atoms with Gasteiger partial charge in [-0.1, -0.05) is 12.5 Å². The smallest absolute Gasteiger partial charge is 0.224 e. The van der Waals surface area contributed by atoms with Crippen LogP contribution in [0.3, 0.4) is 0 Å². The van der Waals surface area contributed by atoms with Crippen LogP contribution in [0.5, 0.6) is 5.75 Å². The zero-order chi connectivity index (χ0) is 15.5. The van der Waals surface area contributed by atoms with Gasteiger partial charge in [0.15, 0.2) is 0 Å². The van der Waals surface area contributed by atoms with E-state index in [1.165, 1.54) is 0 Å². The molecule has 0 aliphatic rings. The Balaban J connectivity index is 2.53. The van der Waals surface area contributed by atoms with E-state index in [1.807, 2.05) is 25.1 Å². The Morgan fingerprint density at radius 1 is 1.24 bits per heavy atom. The maximum Gasteiger partial charge on any atom is 0.224 e. The Labute approximate surface area is 126 Å². The van der Waals surface area contributed by atoms with Crippen LogP contribution >= 0.6 is 0 Å². The van der Waals surface area contributed by atoms with Gasteiger partial charge in [-0.15, -0.1) is 0 Å². The maximum atomic E-state index is 11.9. The van der Waals surface area contributed by atoms with Crippen LogP contribution in [0.2, 0.25) is 0 Å². The van der Waals surface area contributed by atoms with Crippen molar-refractivity contribution in [3.63, 3.8) is 0 Å². The average molecular weight is 294 g/mol. The van der Waals surface area contributed by atoms with Crippen LogP contribution in [0.1, 0.15) is 31.2 Å². The molecule has 5 nitrogen and oxygen atoms in total. The van der Waals surface area contributed by atoms with E-state index in [0.29, 0.717) is 37.6 Å². The number of methoxy groups -OCH3 is 1. The van der Waals surface area contributed by atoms with Crippen LogP contribution in [0.25, 0.3) is 0 Å². The second-order valence-corrected chi connectivity index (χ2v) is 4.99. The van der Waals surface area contributed by atoms with Crippen molar-refractivity contribution >= 4 is 11.6 Å². The molecule has 0 aromatic heterocycles. The second kappa shape index (κ2) is 10.2. The maximum absolute atomic E-state index is 11.9. The minimum absolute atomic E-state index is 0.00691. The van der Waals surface area contributed by atoms with E-state index in [0.717, 1.165) is 24.8 Å². The van der Waals surface area contributed by atoms with E-state index in [4.69, 9.17) is 15.2 Å². The molecular formula is C16H26N2O3. The Morgan fingerprint density at radius 2 is 2.05 bits per heavy atom. The summed E-state index contributed by atoms with van der Waals surface area (Å²) in [6.07, 6.45) is 3.30. The topological polar surface area (TPSA) is 73.6 Å². The molecule has 0 radical (unpaired) electrons. The fourth-order valence-corrected chi connectivity index (χ4v) is 1.91. The molecule has 0 fully saturated rings. The van der Waals surface area contributed by atoms with Crippen molar-refractivity contribution < 1.29 is 14.3 Å². The number of benzene rings is 1. The first-order valence-electron chi connectivity index (χ1n) is 7.39. The number of aryl methyl sites for hydroxylation is 1. The van der Waals surface area contributed by atoms with E-state index >= 15 is 0 Å². The third-order valence-corrected chi connectivity index (χ3v) is 3.06. The molecule has 1 aromatic rings. The van der Waals surface area contributed by atoms with Gasteiger partial charge in [0.05, 0.1) is 12.3 Å². The third-order valence-electron chi connectivity index (χ3n) is 3.06. The first-order valence-corrected chi connectivity index (χ1v) is 7.39. The molecule has 0 bridgehead atoms. The van der Waals surface area contributed by atoms with Gasteiger partial charge in [-0.2, -0.15) is 0 Å².